The minimum absolute atomic E-state index is 0.0116. The number of aromatic carboxylic acids is 1. The number of alkyl halides is 5. The van der Waals surface area contributed by atoms with Crippen molar-refractivity contribution in [2.24, 2.45) is 0 Å². The van der Waals surface area contributed by atoms with Crippen LogP contribution in [0.25, 0.3) is 0 Å². The number of carboxylic acid groups (broad SMARTS) is 1. The number of benzene rings is 2. The first-order chi connectivity index (χ1) is 17.8. The van der Waals surface area contributed by atoms with Gasteiger partial charge in [-0.15, -0.1) is 0 Å². The third-order valence-electron chi connectivity index (χ3n) is 6.23. The van der Waals surface area contributed by atoms with E-state index in [1.54, 1.807) is 0 Å². The lowest BCUT2D eigenvalue weighted by Gasteiger charge is -2.22. The highest BCUT2D eigenvalue weighted by atomic mass is 19.4. The molecule has 3 N–H and O–H groups in total. The summed E-state index contributed by atoms with van der Waals surface area (Å²) in [4.78, 5) is 25.7. The number of carbonyl (C=O) groups excluding carboxylic acids is 1. The van der Waals surface area contributed by atoms with Crippen LogP contribution in [-0.4, -0.2) is 45.0 Å². The Balaban J connectivity index is 1.64. The molecule has 0 fully saturated rings. The normalized spacial score (nSPS) is 14.3. The second kappa shape index (κ2) is 10.0. The van der Waals surface area contributed by atoms with E-state index >= 15 is 0 Å². The highest BCUT2D eigenvalue weighted by Crippen LogP contribution is 2.39. The van der Waals surface area contributed by atoms with Crippen LogP contribution in [0.3, 0.4) is 0 Å². The van der Waals surface area contributed by atoms with E-state index in [1.807, 2.05) is 0 Å². The summed E-state index contributed by atoms with van der Waals surface area (Å²) in [6, 6.07) is 9.92. The average Bonchev–Trinajstić information content (AvgIpc) is 3.44. The molecule has 202 valence electrons. The number of aromatic nitrogens is 2. The van der Waals surface area contributed by atoms with Gasteiger partial charge in [-0.2, -0.15) is 27.1 Å². The molecule has 0 saturated heterocycles. The molecule has 3 aromatic rings. The minimum Gasteiger partial charge on any atom is -0.478 e. The lowest BCUT2D eigenvalue weighted by Crippen LogP contribution is -2.31. The van der Waals surface area contributed by atoms with Crippen molar-refractivity contribution in [3.63, 3.8) is 0 Å². The van der Waals surface area contributed by atoms with Crippen molar-refractivity contribution in [3.8, 4) is 0 Å². The predicted octanol–water partition coefficient (Wildman–Crippen LogP) is 4.20. The molecule has 38 heavy (non-hydrogen) atoms. The standard InChI is InChI=1S/C25H23F5N4O4/c1-14(16-5-7-17(8-6-16)23(37)38)31-21(36)19-20(25(28,29)30)32-34-10-9-33(22(19)34)12-15-3-2-4-18(11-15)24(26,27)13-35/h2-8,11,14,35H,9-10,12-13H2,1H3,(H,31,36)(H,37,38)/t14-/m0/s1. The van der Waals surface area contributed by atoms with Gasteiger partial charge in [0.2, 0.25) is 0 Å². The van der Waals surface area contributed by atoms with Gasteiger partial charge in [0.05, 0.1) is 18.2 Å². The molecule has 1 aliphatic heterocycles. The summed E-state index contributed by atoms with van der Waals surface area (Å²) in [5.74, 6) is -5.77. The summed E-state index contributed by atoms with van der Waals surface area (Å²) in [7, 11) is 0. The number of nitrogens with one attached hydrogen (secondary N) is 1. The van der Waals surface area contributed by atoms with Gasteiger partial charge in [-0.05, 0) is 36.2 Å². The Bertz CT molecular complexity index is 1350. The second-order valence-corrected chi connectivity index (χ2v) is 8.87. The van der Waals surface area contributed by atoms with Crippen LogP contribution in [0, 0.1) is 0 Å². The lowest BCUT2D eigenvalue weighted by atomic mass is 10.0. The third-order valence-corrected chi connectivity index (χ3v) is 6.23. The molecule has 2 aromatic carbocycles. The topological polar surface area (TPSA) is 108 Å². The van der Waals surface area contributed by atoms with Gasteiger partial charge in [0, 0.05) is 18.7 Å². The number of aliphatic hydroxyl groups is 1. The molecule has 4 rings (SSSR count). The number of carboxylic acids is 1. The van der Waals surface area contributed by atoms with E-state index in [4.69, 9.17) is 10.2 Å². The molecule has 1 atom stereocenters. The van der Waals surface area contributed by atoms with Crippen LogP contribution < -0.4 is 10.2 Å². The minimum atomic E-state index is -4.94. The summed E-state index contributed by atoms with van der Waals surface area (Å²) in [6.07, 6.45) is -4.94. The van der Waals surface area contributed by atoms with Crippen LogP contribution in [0.5, 0.6) is 0 Å². The van der Waals surface area contributed by atoms with Crippen LogP contribution in [0.4, 0.5) is 27.8 Å². The molecule has 0 saturated carbocycles. The predicted molar refractivity (Wildman–Crippen MR) is 125 cm³/mol. The number of rotatable bonds is 8. The van der Waals surface area contributed by atoms with Gasteiger partial charge < -0.3 is 20.4 Å². The smallest absolute Gasteiger partial charge is 0.436 e. The molecule has 1 aromatic heterocycles. The molecule has 8 nitrogen and oxygen atoms in total. The first kappa shape index (κ1) is 27.0. The first-order valence-electron chi connectivity index (χ1n) is 11.5. The van der Waals surface area contributed by atoms with Crippen LogP contribution in [0.15, 0.2) is 48.5 Å². The fourth-order valence-corrected chi connectivity index (χ4v) is 4.29. The monoisotopic (exact) mass is 538 g/mol. The maximum atomic E-state index is 14.0. The van der Waals surface area contributed by atoms with Crippen molar-refractivity contribution in [2.75, 3.05) is 18.1 Å². The van der Waals surface area contributed by atoms with Crippen LogP contribution >= 0.6 is 0 Å². The Morgan fingerprint density at radius 3 is 2.37 bits per heavy atom. The fraction of sp³-hybridized carbons (Fsp3) is 0.320. The first-order valence-corrected chi connectivity index (χ1v) is 11.5. The number of nitrogens with zero attached hydrogens (tertiary/aromatic N) is 3. The van der Waals surface area contributed by atoms with Crippen molar-refractivity contribution in [2.45, 2.75) is 38.2 Å². The number of hydrogen-bond acceptors (Lipinski definition) is 5. The molecule has 1 aliphatic rings. The molecule has 13 heteroatoms. The van der Waals surface area contributed by atoms with E-state index in [1.165, 1.54) is 48.2 Å². The average molecular weight is 538 g/mol. The quantitative estimate of drug-likeness (QED) is 0.371. The highest BCUT2D eigenvalue weighted by Gasteiger charge is 2.44. The molecule has 2 heterocycles. The SMILES string of the molecule is C[C@H](NC(=O)c1c(C(F)(F)F)nn2c1N(Cc1cccc(C(F)(F)CO)c1)CC2)c1ccc(C(=O)O)cc1. The summed E-state index contributed by atoms with van der Waals surface area (Å²) < 4.78 is 70.6. The molecule has 0 radical (unpaired) electrons. The number of fused-ring (bicyclic) bond motifs is 1. The van der Waals surface area contributed by atoms with Gasteiger partial charge in [0.1, 0.15) is 18.0 Å². The molecule has 0 aliphatic carbocycles. The maximum absolute atomic E-state index is 14.0. The number of carbonyl (C=O) groups is 2. The van der Waals surface area contributed by atoms with Crippen LogP contribution in [0.1, 0.15) is 56.1 Å². The van der Waals surface area contributed by atoms with E-state index < -0.39 is 53.4 Å². The third kappa shape index (κ3) is 5.32. The zero-order chi connectivity index (χ0) is 27.8. The van der Waals surface area contributed by atoms with Crippen molar-refractivity contribution in [3.05, 3.63) is 82.0 Å². The van der Waals surface area contributed by atoms with Gasteiger partial charge >= 0.3 is 12.1 Å². The number of hydrogen-bond donors (Lipinski definition) is 3. The van der Waals surface area contributed by atoms with Crippen LogP contribution in [-0.2, 0) is 25.2 Å². The maximum Gasteiger partial charge on any atom is 0.436 e. The Morgan fingerprint density at radius 1 is 1.08 bits per heavy atom. The molecule has 0 spiro atoms. The van der Waals surface area contributed by atoms with Gasteiger partial charge in [-0.3, -0.25) is 4.79 Å². The van der Waals surface area contributed by atoms with Crippen molar-refractivity contribution < 1.29 is 41.8 Å². The van der Waals surface area contributed by atoms with E-state index in [9.17, 15) is 31.5 Å². The van der Waals surface area contributed by atoms with Gasteiger partial charge in [-0.25, -0.2) is 9.48 Å². The van der Waals surface area contributed by atoms with E-state index in [2.05, 4.69) is 10.4 Å². The van der Waals surface area contributed by atoms with E-state index in [-0.39, 0.29) is 31.0 Å². The second-order valence-electron chi connectivity index (χ2n) is 8.87. The number of aliphatic hydroxyl groups excluding tert-OH is 1. The molecule has 0 bridgehead atoms. The highest BCUT2D eigenvalue weighted by molar-refractivity contribution is 6.01. The number of anilines is 1. The Morgan fingerprint density at radius 2 is 1.76 bits per heavy atom. The van der Waals surface area contributed by atoms with Gasteiger partial charge in [0.25, 0.3) is 11.8 Å². The summed E-state index contributed by atoms with van der Waals surface area (Å²) in [6.45, 7) is 0.293. The number of amides is 1. The zero-order valence-electron chi connectivity index (χ0n) is 20.0. The number of halogens is 5. The van der Waals surface area contributed by atoms with Crippen molar-refractivity contribution in [1.82, 2.24) is 15.1 Å². The van der Waals surface area contributed by atoms with Gasteiger partial charge in [-0.1, -0.05) is 30.3 Å². The molecular formula is C25H23F5N4O4. The van der Waals surface area contributed by atoms with Gasteiger partial charge in [0.15, 0.2) is 5.69 Å². The zero-order valence-corrected chi connectivity index (χ0v) is 20.0. The largest absolute Gasteiger partial charge is 0.478 e. The van der Waals surface area contributed by atoms with E-state index in [0.29, 0.717) is 11.1 Å². The molecular weight excluding hydrogens is 515 g/mol. The molecule has 0 unspecified atom stereocenters. The molecule has 1 amide bonds. The Hall–Kier alpha value is -4.00. The Kier molecular flexibility index (Phi) is 7.15. The fourth-order valence-electron chi connectivity index (χ4n) is 4.29. The van der Waals surface area contributed by atoms with E-state index in [0.717, 1.165) is 16.8 Å². The summed E-state index contributed by atoms with van der Waals surface area (Å²) >= 11 is 0. The lowest BCUT2D eigenvalue weighted by molar-refractivity contribution is -0.141. The van der Waals surface area contributed by atoms with Crippen molar-refractivity contribution >= 4 is 17.7 Å². The summed E-state index contributed by atoms with van der Waals surface area (Å²) in [5, 5.41) is 24.2. The van der Waals surface area contributed by atoms with Crippen LogP contribution in [0.2, 0.25) is 0 Å². The summed E-state index contributed by atoms with van der Waals surface area (Å²) in [5.41, 5.74) is -1.68. The van der Waals surface area contributed by atoms with Crippen molar-refractivity contribution in [1.29, 1.82) is 0 Å². The Labute approximate surface area is 213 Å².